The van der Waals surface area contributed by atoms with Gasteiger partial charge >= 0.3 is 0 Å². The van der Waals surface area contributed by atoms with Crippen molar-refractivity contribution < 1.29 is 9.59 Å². The van der Waals surface area contributed by atoms with Gasteiger partial charge in [-0.1, -0.05) is 37.0 Å². The number of aromatic nitrogens is 1. The lowest BCUT2D eigenvalue weighted by Crippen LogP contribution is -2.45. The molecule has 1 fully saturated rings. The van der Waals surface area contributed by atoms with Gasteiger partial charge in [-0.3, -0.25) is 9.59 Å². The quantitative estimate of drug-likeness (QED) is 0.884. The van der Waals surface area contributed by atoms with Gasteiger partial charge in [0.05, 0.1) is 0 Å². The summed E-state index contributed by atoms with van der Waals surface area (Å²) in [4.78, 5) is 31.3. The Bertz CT molecular complexity index is 707. The first kappa shape index (κ1) is 17.6. The number of carbonyl (C=O) groups excluding carboxylic acids is 2. The van der Waals surface area contributed by atoms with Crippen LogP contribution in [0.25, 0.3) is 0 Å². The molecule has 3 rings (SSSR count). The van der Waals surface area contributed by atoms with Crippen LogP contribution in [0.4, 0.5) is 5.13 Å². The Kier molecular flexibility index (Phi) is 5.81. The number of aryl methyl sites for hydroxylation is 1. The predicted octanol–water partition coefficient (Wildman–Crippen LogP) is 3.87. The van der Waals surface area contributed by atoms with Gasteiger partial charge in [0.1, 0.15) is 6.54 Å². The highest BCUT2D eigenvalue weighted by atomic mass is 32.1. The fourth-order valence-corrected chi connectivity index (χ4v) is 3.77. The van der Waals surface area contributed by atoms with Gasteiger partial charge in [-0.25, -0.2) is 4.98 Å². The first-order valence-electron chi connectivity index (χ1n) is 8.70. The summed E-state index contributed by atoms with van der Waals surface area (Å²) in [5.41, 5.74) is 1.75. The van der Waals surface area contributed by atoms with Gasteiger partial charge in [0.25, 0.3) is 5.91 Å². The van der Waals surface area contributed by atoms with E-state index in [2.05, 4.69) is 10.3 Å². The second kappa shape index (κ2) is 8.25. The molecule has 6 heteroatoms. The van der Waals surface area contributed by atoms with E-state index in [0.717, 1.165) is 31.2 Å². The maximum atomic E-state index is 13.0. The molecule has 2 amide bonds. The normalized spacial score (nSPS) is 14.9. The van der Waals surface area contributed by atoms with Crippen LogP contribution in [-0.4, -0.2) is 34.3 Å². The number of hydrogen-bond acceptors (Lipinski definition) is 4. The molecule has 0 saturated heterocycles. The summed E-state index contributed by atoms with van der Waals surface area (Å²) >= 11 is 1.37. The summed E-state index contributed by atoms with van der Waals surface area (Å²) in [6.45, 7) is 2.06. The van der Waals surface area contributed by atoms with Crippen molar-refractivity contribution in [3.05, 3.63) is 47.0 Å². The minimum Gasteiger partial charge on any atom is -0.326 e. The van der Waals surface area contributed by atoms with Crippen LogP contribution in [0.2, 0.25) is 0 Å². The van der Waals surface area contributed by atoms with Crippen molar-refractivity contribution in [3.8, 4) is 0 Å². The van der Waals surface area contributed by atoms with Crippen LogP contribution in [0.15, 0.2) is 35.8 Å². The monoisotopic (exact) mass is 357 g/mol. The molecule has 0 bridgehead atoms. The van der Waals surface area contributed by atoms with Crippen LogP contribution in [0, 0.1) is 6.92 Å². The van der Waals surface area contributed by atoms with Crippen molar-refractivity contribution in [3.63, 3.8) is 0 Å². The maximum absolute atomic E-state index is 13.0. The van der Waals surface area contributed by atoms with E-state index in [0.29, 0.717) is 10.7 Å². The van der Waals surface area contributed by atoms with Crippen molar-refractivity contribution in [2.75, 3.05) is 11.9 Å². The van der Waals surface area contributed by atoms with Gasteiger partial charge in [0.2, 0.25) is 5.91 Å². The van der Waals surface area contributed by atoms with Crippen LogP contribution in [0.3, 0.4) is 0 Å². The summed E-state index contributed by atoms with van der Waals surface area (Å²) in [7, 11) is 0. The van der Waals surface area contributed by atoms with E-state index >= 15 is 0 Å². The predicted molar refractivity (Wildman–Crippen MR) is 99.8 cm³/mol. The lowest BCUT2D eigenvalue weighted by Gasteiger charge is -2.34. The molecule has 0 atom stereocenters. The molecular formula is C19H23N3O2S. The molecule has 25 heavy (non-hydrogen) atoms. The van der Waals surface area contributed by atoms with E-state index in [9.17, 15) is 9.59 Å². The van der Waals surface area contributed by atoms with Gasteiger partial charge < -0.3 is 10.2 Å². The Balaban J connectivity index is 1.75. The number of rotatable bonds is 5. The molecule has 0 radical (unpaired) electrons. The van der Waals surface area contributed by atoms with Crippen LogP contribution >= 0.6 is 11.3 Å². The number of benzene rings is 1. The summed E-state index contributed by atoms with van der Waals surface area (Å²) in [5, 5.41) is 5.16. The molecule has 1 saturated carbocycles. The zero-order chi connectivity index (χ0) is 17.6. The highest BCUT2D eigenvalue weighted by Crippen LogP contribution is 2.24. The fraction of sp³-hybridized carbons (Fsp3) is 0.421. The zero-order valence-electron chi connectivity index (χ0n) is 14.4. The Labute approximate surface area is 152 Å². The zero-order valence-corrected chi connectivity index (χ0v) is 15.2. The van der Waals surface area contributed by atoms with Crippen molar-refractivity contribution in [2.24, 2.45) is 0 Å². The number of nitrogens with zero attached hydrogens (tertiary/aromatic N) is 2. The van der Waals surface area contributed by atoms with Crippen molar-refractivity contribution in [2.45, 2.75) is 45.1 Å². The summed E-state index contributed by atoms with van der Waals surface area (Å²) in [6, 6.07) is 7.67. The third-order valence-corrected chi connectivity index (χ3v) is 5.26. The Morgan fingerprint density at radius 3 is 2.56 bits per heavy atom. The molecule has 5 nitrogen and oxygen atoms in total. The second-order valence-corrected chi connectivity index (χ2v) is 7.37. The second-order valence-electron chi connectivity index (χ2n) is 6.48. The molecular weight excluding hydrogens is 334 g/mol. The highest BCUT2D eigenvalue weighted by molar-refractivity contribution is 7.13. The molecule has 132 valence electrons. The molecule has 0 spiro atoms. The minimum absolute atomic E-state index is 0.0664. The Morgan fingerprint density at radius 2 is 1.92 bits per heavy atom. The first-order chi connectivity index (χ1) is 12.1. The van der Waals surface area contributed by atoms with E-state index in [1.54, 1.807) is 11.1 Å². The molecule has 1 heterocycles. The van der Waals surface area contributed by atoms with Crippen molar-refractivity contribution >= 4 is 28.3 Å². The molecule has 1 aromatic heterocycles. The van der Waals surface area contributed by atoms with Gasteiger partial charge in [0, 0.05) is 23.2 Å². The largest absolute Gasteiger partial charge is 0.326 e. The van der Waals surface area contributed by atoms with Crippen LogP contribution in [0.1, 0.15) is 48.0 Å². The standard InChI is InChI=1S/C19H23N3O2S/c1-14-7-9-15(10-8-14)18(24)22(16-5-3-2-4-6-16)13-17(23)21-19-20-11-12-25-19/h7-12,16H,2-6,13H2,1H3,(H,20,21,23). The highest BCUT2D eigenvalue weighted by Gasteiger charge is 2.28. The maximum Gasteiger partial charge on any atom is 0.254 e. The van der Waals surface area contributed by atoms with Crippen LogP contribution in [-0.2, 0) is 4.79 Å². The molecule has 0 unspecified atom stereocenters. The number of carbonyl (C=O) groups is 2. The molecule has 1 aliphatic carbocycles. The number of anilines is 1. The van der Waals surface area contributed by atoms with Gasteiger partial charge in [-0.05, 0) is 31.9 Å². The number of hydrogen-bond donors (Lipinski definition) is 1. The first-order valence-corrected chi connectivity index (χ1v) is 9.58. The molecule has 0 aliphatic heterocycles. The fourth-order valence-electron chi connectivity index (χ4n) is 3.22. The summed E-state index contributed by atoms with van der Waals surface area (Å²) < 4.78 is 0. The Morgan fingerprint density at radius 1 is 1.20 bits per heavy atom. The topological polar surface area (TPSA) is 62.3 Å². The lowest BCUT2D eigenvalue weighted by molar-refractivity contribution is -0.117. The van der Waals surface area contributed by atoms with Gasteiger partial charge in [0.15, 0.2) is 5.13 Å². The van der Waals surface area contributed by atoms with E-state index in [-0.39, 0.29) is 24.4 Å². The van der Waals surface area contributed by atoms with Gasteiger partial charge in [-0.2, -0.15) is 0 Å². The number of thiazole rings is 1. The van der Waals surface area contributed by atoms with Crippen molar-refractivity contribution in [1.82, 2.24) is 9.88 Å². The SMILES string of the molecule is Cc1ccc(C(=O)N(CC(=O)Nc2nccs2)C2CCCCC2)cc1. The number of nitrogens with one attached hydrogen (secondary N) is 1. The average Bonchev–Trinajstić information content (AvgIpc) is 3.13. The molecule has 1 aliphatic rings. The van der Waals surface area contributed by atoms with E-state index in [4.69, 9.17) is 0 Å². The van der Waals surface area contributed by atoms with Crippen LogP contribution in [0.5, 0.6) is 0 Å². The Hall–Kier alpha value is -2.21. The summed E-state index contributed by atoms with van der Waals surface area (Å²) in [6.07, 6.45) is 6.99. The minimum atomic E-state index is -0.194. The third-order valence-electron chi connectivity index (χ3n) is 4.57. The third kappa shape index (κ3) is 4.66. The number of amides is 2. The van der Waals surface area contributed by atoms with E-state index < -0.39 is 0 Å². The molecule has 2 aromatic rings. The van der Waals surface area contributed by atoms with E-state index in [1.165, 1.54) is 17.8 Å². The average molecular weight is 357 g/mol. The van der Waals surface area contributed by atoms with E-state index in [1.807, 2.05) is 36.6 Å². The molecule has 1 aromatic carbocycles. The van der Waals surface area contributed by atoms with Crippen molar-refractivity contribution in [1.29, 1.82) is 0 Å². The van der Waals surface area contributed by atoms with Gasteiger partial charge in [-0.15, -0.1) is 11.3 Å². The summed E-state index contributed by atoms with van der Waals surface area (Å²) in [5.74, 6) is -0.262. The lowest BCUT2D eigenvalue weighted by atomic mass is 9.93. The smallest absolute Gasteiger partial charge is 0.254 e. The molecule has 1 N–H and O–H groups in total. The van der Waals surface area contributed by atoms with Crippen LogP contribution < -0.4 is 5.32 Å².